The van der Waals surface area contributed by atoms with Gasteiger partial charge in [-0.05, 0) is 67.4 Å². The number of phenols is 1. The van der Waals surface area contributed by atoms with Gasteiger partial charge in [-0.3, -0.25) is 9.11 Å². The molecule has 8 rings (SSSR count). The minimum absolute atomic E-state index is 0.0188. The van der Waals surface area contributed by atoms with E-state index >= 15 is 8.78 Å². The zero-order valence-corrected chi connectivity index (χ0v) is 24.6. The number of hydrogen-bond acceptors (Lipinski definition) is 7. The van der Waals surface area contributed by atoms with Gasteiger partial charge < -0.3 is 14.7 Å². The number of phenolic OH excluding ortho intramolecular Hbond substituents is 1. The molecule has 4 saturated heterocycles. The van der Waals surface area contributed by atoms with E-state index in [4.69, 9.17) is 9.72 Å². The first kappa shape index (κ1) is 28.0. The number of anilines is 1. The molecule has 0 saturated carbocycles. The first-order valence-corrected chi connectivity index (χ1v) is 16.3. The van der Waals surface area contributed by atoms with E-state index in [1.54, 1.807) is 6.07 Å². The number of aromatic hydroxyl groups is 1. The zero-order valence-electron chi connectivity index (χ0n) is 23.7. The molecule has 4 aliphatic heterocycles. The summed E-state index contributed by atoms with van der Waals surface area (Å²) in [5.41, 5.74) is -0.646. The Morgan fingerprint density at radius 1 is 1.00 bits per heavy atom. The highest BCUT2D eigenvalue weighted by molar-refractivity contribution is 7.86. The van der Waals surface area contributed by atoms with Crippen LogP contribution >= 0.6 is 0 Å². The fourth-order valence-corrected chi connectivity index (χ4v) is 9.76. The molecule has 4 aromatic rings. The van der Waals surface area contributed by atoms with E-state index in [0.29, 0.717) is 37.3 Å². The topological polar surface area (TPSA) is 78.8 Å². The van der Waals surface area contributed by atoms with Crippen LogP contribution in [0.1, 0.15) is 32.1 Å². The average molecular weight is 627 g/mol. The van der Waals surface area contributed by atoms with E-state index in [-0.39, 0.29) is 56.3 Å². The highest BCUT2D eigenvalue weighted by Gasteiger charge is 2.49. The Hall–Kier alpha value is -3.51. The molecule has 0 spiro atoms. The van der Waals surface area contributed by atoms with Crippen molar-refractivity contribution >= 4 is 38.3 Å². The SMILES string of the molecule is O=S1C2CCC1CN(c1nc(OC[C@@]34CCCN3C[C@H](F)C4)nc3c(F)c(-c4cc(O)cc5ccc(F)c(F)c45)ccc13)C2. The maximum Gasteiger partial charge on any atom is 0.319 e. The van der Waals surface area contributed by atoms with E-state index in [0.717, 1.165) is 38.3 Å². The maximum atomic E-state index is 16.6. The second-order valence-electron chi connectivity index (χ2n) is 12.5. The summed E-state index contributed by atoms with van der Waals surface area (Å²) in [5.74, 6) is -2.83. The molecule has 1 aromatic heterocycles. The molecule has 5 heterocycles. The second kappa shape index (κ2) is 10.3. The Bertz CT molecular complexity index is 1840. The fraction of sp³-hybridized carbons (Fsp3) is 0.438. The second-order valence-corrected chi connectivity index (χ2v) is 14.5. The van der Waals surface area contributed by atoms with Crippen molar-refractivity contribution in [2.75, 3.05) is 37.7 Å². The molecule has 0 amide bonds. The van der Waals surface area contributed by atoms with E-state index in [1.807, 2.05) is 4.90 Å². The minimum Gasteiger partial charge on any atom is -0.508 e. The summed E-state index contributed by atoms with van der Waals surface area (Å²) in [6.07, 6.45) is 2.79. The van der Waals surface area contributed by atoms with Crippen LogP contribution in [0.5, 0.6) is 11.8 Å². The van der Waals surface area contributed by atoms with Crippen LogP contribution in [-0.2, 0) is 10.8 Å². The molecule has 3 aromatic carbocycles. The molecule has 1 N–H and O–H groups in total. The summed E-state index contributed by atoms with van der Waals surface area (Å²) < 4.78 is 79.4. The van der Waals surface area contributed by atoms with Gasteiger partial charge in [0.2, 0.25) is 0 Å². The first-order chi connectivity index (χ1) is 21.2. The molecule has 4 fully saturated rings. The number of aromatic nitrogens is 2. The molecule has 230 valence electrons. The van der Waals surface area contributed by atoms with Gasteiger partial charge in [0.05, 0.1) is 16.0 Å². The van der Waals surface area contributed by atoms with Crippen molar-refractivity contribution in [1.82, 2.24) is 14.9 Å². The molecule has 4 aliphatic rings. The molecule has 0 radical (unpaired) electrons. The van der Waals surface area contributed by atoms with Gasteiger partial charge in [0.25, 0.3) is 0 Å². The predicted molar refractivity (Wildman–Crippen MR) is 160 cm³/mol. The maximum absolute atomic E-state index is 16.6. The molecule has 4 atom stereocenters. The minimum atomic E-state index is -1.15. The lowest BCUT2D eigenvalue weighted by Crippen LogP contribution is -2.45. The fourth-order valence-electron chi connectivity index (χ4n) is 7.82. The van der Waals surface area contributed by atoms with Crippen molar-refractivity contribution in [3.05, 3.63) is 53.8 Å². The van der Waals surface area contributed by atoms with Crippen molar-refractivity contribution in [2.45, 2.75) is 54.3 Å². The first-order valence-electron chi connectivity index (χ1n) is 15.0. The van der Waals surface area contributed by atoms with Crippen LogP contribution in [0.15, 0.2) is 36.4 Å². The summed E-state index contributed by atoms with van der Waals surface area (Å²) >= 11 is 0. The lowest BCUT2D eigenvalue weighted by atomic mass is 9.95. The van der Waals surface area contributed by atoms with Crippen LogP contribution in [0.25, 0.3) is 32.8 Å². The van der Waals surface area contributed by atoms with Crippen LogP contribution in [0.2, 0.25) is 0 Å². The lowest BCUT2D eigenvalue weighted by molar-refractivity contribution is 0.107. The normalized spacial score (nSPS) is 28.3. The molecule has 2 bridgehead atoms. The lowest BCUT2D eigenvalue weighted by Gasteiger charge is -2.33. The molecule has 7 nitrogen and oxygen atoms in total. The Balaban J connectivity index is 1.27. The number of rotatable bonds is 5. The molecule has 12 heteroatoms. The molecular formula is C32H30F4N4O3S. The molecule has 2 unspecified atom stereocenters. The van der Waals surface area contributed by atoms with Crippen LogP contribution in [0.3, 0.4) is 0 Å². The summed E-state index contributed by atoms with van der Waals surface area (Å²) in [6, 6.07) is 7.80. The van der Waals surface area contributed by atoms with Crippen molar-refractivity contribution in [3.63, 3.8) is 0 Å². The Labute approximate surface area is 253 Å². The van der Waals surface area contributed by atoms with E-state index in [9.17, 15) is 18.1 Å². The van der Waals surface area contributed by atoms with Crippen LogP contribution in [0.4, 0.5) is 23.4 Å². The quantitative estimate of drug-likeness (QED) is 0.288. The Morgan fingerprint density at radius 2 is 1.80 bits per heavy atom. The number of ether oxygens (including phenoxy) is 1. The van der Waals surface area contributed by atoms with Crippen LogP contribution in [0, 0.1) is 17.5 Å². The van der Waals surface area contributed by atoms with E-state index in [2.05, 4.69) is 9.88 Å². The third-order valence-corrected chi connectivity index (χ3v) is 12.0. The number of hydrogen-bond donors (Lipinski definition) is 1. The van der Waals surface area contributed by atoms with Gasteiger partial charge in [0, 0.05) is 53.2 Å². The smallest absolute Gasteiger partial charge is 0.319 e. The summed E-state index contributed by atoms with van der Waals surface area (Å²) in [7, 11) is -0.939. The van der Waals surface area contributed by atoms with Gasteiger partial charge in [-0.2, -0.15) is 9.97 Å². The summed E-state index contributed by atoms with van der Waals surface area (Å²) in [4.78, 5) is 13.3. The van der Waals surface area contributed by atoms with Crippen LogP contribution < -0.4 is 9.64 Å². The predicted octanol–water partition coefficient (Wildman–Crippen LogP) is 5.63. The van der Waals surface area contributed by atoms with Crippen molar-refractivity contribution in [1.29, 1.82) is 0 Å². The zero-order chi connectivity index (χ0) is 30.3. The standard InChI is InChI=1S/C32H30F4N4O3S/c33-18-12-32(8-1-9-40(32)13-18)16-43-31-37-29-23(30(38-31)39-14-20-3-4-21(15-39)44(20)42)6-5-22(27(29)35)24-11-19(41)10-17-2-7-25(34)28(36)26(17)24/h2,5-7,10-11,18,20-21,41H,1,3-4,8-9,12-16H2/t18-,20?,21?,32+,44?/m1/s1. The summed E-state index contributed by atoms with van der Waals surface area (Å²) in [6.45, 7) is 2.26. The van der Waals surface area contributed by atoms with Gasteiger partial charge in [0.1, 0.15) is 29.9 Å². The average Bonchev–Trinajstić information content (AvgIpc) is 3.58. The molecular weight excluding hydrogens is 596 g/mol. The van der Waals surface area contributed by atoms with Crippen LogP contribution in [-0.4, -0.2) is 79.2 Å². The van der Waals surface area contributed by atoms with E-state index < -0.39 is 40.0 Å². The third-order valence-electron chi connectivity index (χ3n) is 9.89. The third kappa shape index (κ3) is 4.35. The van der Waals surface area contributed by atoms with Gasteiger partial charge in [-0.1, -0.05) is 12.1 Å². The van der Waals surface area contributed by atoms with Crippen molar-refractivity contribution in [2.24, 2.45) is 0 Å². The highest BCUT2D eigenvalue weighted by atomic mass is 32.2. The van der Waals surface area contributed by atoms with E-state index in [1.165, 1.54) is 24.3 Å². The highest BCUT2D eigenvalue weighted by Crippen LogP contribution is 2.43. The molecule has 44 heavy (non-hydrogen) atoms. The van der Waals surface area contributed by atoms with Crippen molar-refractivity contribution < 1.29 is 31.6 Å². The largest absolute Gasteiger partial charge is 0.508 e. The number of alkyl halides is 1. The Kier molecular flexibility index (Phi) is 6.53. The molecule has 0 aliphatic carbocycles. The van der Waals surface area contributed by atoms with Gasteiger partial charge in [0.15, 0.2) is 17.5 Å². The van der Waals surface area contributed by atoms with Gasteiger partial charge in [-0.25, -0.2) is 17.6 Å². The number of halogens is 4. The monoisotopic (exact) mass is 626 g/mol. The number of nitrogens with zero attached hydrogens (tertiary/aromatic N) is 4. The Morgan fingerprint density at radius 3 is 2.59 bits per heavy atom. The number of fused-ring (bicyclic) bond motifs is 5. The van der Waals surface area contributed by atoms with Gasteiger partial charge in [-0.15, -0.1) is 0 Å². The number of benzene rings is 3. The summed E-state index contributed by atoms with van der Waals surface area (Å²) in [5, 5.41) is 10.8. The van der Waals surface area contributed by atoms with Gasteiger partial charge >= 0.3 is 6.01 Å². The van der Waals surface area contributed by atoms with Crippen molar-refractivity contribution in [3.8, 4) is 22.9 Å².